The van der Waals surface area contributed by atoms with Gasteiger partial charge in [-0.3, -0.25) is 14.4 Å². The molecule has 702 valence electrons. The Balaban J connectivity index is 1.05. The summed E-state index contributed by atoms with van der Waals surface area (Å²) in [4.78, 5) is 38.8. The van der Waals surface area contributed by atoms with E-state index in [1.165, 1.54) is 161 Å². The first-order chi connectivity index (χ1) is 57.8. The molecule has 36 nitrogen and oxygen atoms in total. The number of carbonyl (C=O) groups is 3. The largest absolute Gasteiger partial charge is 0.394 e. The zero-order valence-electron chi connectivity index (χ0n) is 71.2. The molecule has 32 atom stereocenters. The van der Waals surface area contributed by atoms with E-state index in [-0.39, 0.29) is 12.3 Å². The van der Waals surface area contributed by atoms with Crippen LogP contribution < -0.4 is 16.0 Å². The second-order valence-electron chi connectivity index (χ2n) is 33.5. The zero-order chi connectivity index (χ0) is 87.6. The van der Waals surface area contributed by atoms with E-state index in [4.69, 9.17) is 56.8 Å². The van der Waals surface area contributed by atoms with Gasteiger partial charge in [0.15, 0.2) is 37.7 Å². The fourth-order valence-electron chi connectivity index (χ4n) is 16.5. The van der Waals surface area contributed by atoms with Gasteiger partial charge in [-0.15, -0.1) is 0 Å². The van der Waals surface area contributed by atoms with Crippen LogP contribution in [-0.4, -0.2) is 352 Å². The van der Waals surface area contributed by atoms with Gasteiger partial charge in [-0.2, -0.15) is 0 Å². The topological polar surface area (TPSA) is 562 Å². The highest BCUT2D eigenvalue weighted by atomic mass is 16.8. The maximum absolute atomic E-state index is 13.6. The fraction of sp³-hybridized carbons (Fsp3) is 0.940. The number of amides is 3. The molecule has 6 aliphatic heterocycles. The lowest BCUT2D eigenvalue weighted by molar-refractivity contribution is -0.390. The highest BCUT2D eigenvalue weighted by Gasteiger charge is 2.59. The summed E-state index contributed by atoms with van der Waals surface area (Å²) < 4.78 is 70.8. The molecular weight excluding hydrogens is 1580 g/mol. The van der Waals surface area contributed by atoms with Crippen molar-refractivity contribution >= 4 is 17.7 Å². The number of carbonyl (C=O) groups excluding carboxylic acids is 3. The number of unbranched alkanes of at least 4 members (excludes halogenated alkanes) is 33. The van der Waals surface area contributed by atoms with E-state index in [2.05, 4.69) is 29.8 Å². The van der Waals surface area contributed by atoms with E-state index >= 15 is 0 Å². The first-order valence-corrected chi connectivity index (χ1v) is 45.0. The highest BCUT2D eigenvalue weighted by molar-refractivity contribution is 5.76. The van der Waals surface area contributed by atoms with Crippen molar-refractivity contribution in [2.75, 3.05) is 46.2 Å². The van der Waals surface area contributed by atoms with Crippen LogP contribution in [-0.2, 0) is 71.2 Å². The van der Waals surface area contributed by atoms with Gasteiger partial charge in [-0.1, -0.05) is 231 Å². The average Bonchev–Trinajstić information content (AvgIpc) is 0.763. The molecule has 6 aliphatic rings. The van der Waals surface area contributed by atoms with E-state index in [9.17, 15) is 106 Å². The Labute approximate surface area is 707 Å². The Bertz CT molecular complexity index is 2750. The van der Waals surface area contributed by atoms with Crippen molar-refractivity contribution in [3.63, 3.8) is 0 Å². The summed E-state index contributed by atoms with van der Waals surface area (Å²) in [6.45, 7) is 0.120. The van der Waals surface area contributed by atoms with Crippen LogP contribution in [0.1, 0.15) is 259 Å². The van der Waals surface area contributed by atoms with Crippen molar-refractivity contribution in [2.24, 2.45) is 0 Å². The summed E-state index contributed by atoms with van der Waals surface area (Å²) in [5, 5.41) is 209. The third-order valence-corrected chi connectivity index (χ3v) is 23.7. The van der Waals surface area contributed by atoms with E-state index < -0.39 is 254 Å². The molecule has 6 rings (SSSR count). The molecule has 0 radical (unpaired) electrons. The van der Waals surface area contributed by atoms with Gasteiger partial charge in [0, 0.05) is 20.3 Å². The Morgan fingerprint density at radius 1 is 0.325 bits per heavy atom. The van der Waals surface area contributed by atoms with Crippen molar-refractivity contribution < 1.29 is 163 Å². The van der Waals surface area contributed by atoms with E-state index in [1.807, 2.05) is 6.08 Å². The Hall–Kier alpha value is -3.05. The first-order valence-electron chi connectivity index (χ1n) is 45.0. The van der Waals surface area contributed by atoms with Gasteiger partial charge in [0.1, 0.15) is 146 Å². The molecule has 21 N–H and O–H groups in total. The van der Waals surface area contributed by atoms with Gasteiger partial charge in [-0.05, 0) is 19.3 Å². The number of hydrogen-bond donors (Lipinski definition) is 21. The lowest BCUT2D eigenvalue weighted by Gasteiger charge is -2.50. The predicted octanol–water partition coefficient (Wildman–Crippen LogP) is 0.697. The lowest BCUT2D eigenvalue weighted by atomic mass is 9.94. The van der Waals surface area contributed by atoms with Crippen LogP contribution in [0.2, 0.25) is 0 Å². The summed E-state index contributed by atoms with van der Waals surface area (Å²) in [5.41, 5.74) is 0. The monoisotopic (exact) mass is 1730 g/mol. The number of aliphatic hydroxyl groups is 18. The van der Waals surface area contributed by atoms with Gasteiger partial charge >= 0.3 is 0 Å². The Morgan fingerprint density at radius 2 is 0.617 bits per heavy atom. The number of nitrogens with one attached hydrogen (secondary N) is 3. The number of hydrogen-bond acceptors (Lipinski definition) is 33. The van der Waals surface area contributed by atoms with Gasteiger partial charge in [0.2, 0.25) is 17.7 Å². The third-order valence-electron chi connectivity index (χ3n) is 23.7. The molecule has 0 bridgehead atoms. The minimum absolute atomic E-state index is 0.176. The molecule has 36 heteroatoms. The number of rotatable bonds is 60. The van der Waals surface area contributed by atoms with Crippen LogP contribution in [0.3, 0.4) is 0 Å². The summed E-state index contributed by atoms with van der Waals surface area (Å²) in [5.74, 6) is -1.96. The van der Waals surface area contributed by atoms with Gasteiger partial charge < -0.3 is 165 Å². The highest BCUT2D eigenvalue weighted by Crippen LogP contribution is 2.38. The van der Waals surface area contributed by atoms with E-state index in [1.54, 1.807) is 6.08 Å². The fourth-order valence-corrected chi connectivity index (χ4v) is 16.5. The molecular formula is C84H153N3O33. The second kappa shape index (κ2) is 58.4. The molecule has 3 amide bonds. The van der Waals surface area contributed by atoms with Gasteiger partial charge in [0.05, 0.1) is 58.4 Å². The maximum atomic E-state index is 13.6. The number of aliphatic hydroxyl groups excluding tert-OH is 18. The van der Waals surface area contributed by atoms with Gasteiger partial charge in [0.25, 0.3) is 0 Å². The molecule has 120 heavy (non-hydrogen) atoms. The summed E-state index contributed by atoms with van der Waals surface area (Å²) in [6.07, 6.45) is -9.76. The van der Waals surface area contributed by atoms with Crippen molar-refractivity contribution in [1.82, 2.24) is 16.0 Å². The summed E-state index contributed by atoms with van der Waals surface area (Å²) in [7, 11) is 0. The van der Waals surface area contributed by atoms with Gasteiger partial charge in [-0.25, -0.2) is 0 Å². The van der Waals surface area contributed by atoms with Crippen LogP contribution in [0.15, 0.2) is 12.2 Å². The van der Waals surface area contributed by atoms with Crippen LogP contribution in [0, 0.1) is 0 Å². The number of ether oxygens (including phenoxy) is 12. The zero-order valence-corrected chi connectivity index (χ0v) is 71.2. The molecule has 0 aromatic rings. The average molecular weight is 1730 g/mol. The van der Waals surface area contributed by atoms with E-state index in [0.717, 1.165) is 65.2 Å². The predicted molar refractivity (Wildman–Crippen MR) is 431 cm³/mol. The van der Waals surface area contributed by atoms with Crippen LogP contribution in [0.25, 0.3) is 0 Å². The molecule has 12 unspecified atom stereocenters. The molecule has 0 saturated carbocycles. The maximum Gasteiger partial charge on any atom is 0.220 e. The van der Waals surface area contributed by atoms with Crippen molar-refractivity contribution in [3.8, 4) is 0 Å². The molecule has 6 fully saturated rings. The second-order valence-corrected chi connectivity index (χ2v) is 33.5. The van der Waals surface area contributed by atoms with Crippen LogP contribution in [0.4, 0.5) is 0 Å². The molecule has 6 heterocycles. The Kier molecular flexibility index (Phi) is 51.5. The third kappa shape index (κ3) is 33.9. The van der Waals surface area contributed by atoms with Crippen LogP contribution in [0.5, 0.6) is 0 Å². The molecule has 0 aliphatic carbocycles. The van der Waals surface area contributed by atoms with Crippen molar-refractivity contribution in [1.29, 1.82) is 0 Å². The summed E-state index contributed by atoms with van der Waals surface area (Å²) in [6, 6.07) is -4.51. The molecule has 0 spiro atoms. The minimum Gasteiger partial charge on any atom is -0.394 e. The van der Waals surface area contributed by atoms with E-state index in [0.29, 0.717) is 12.8 Å². The SMILES string of the molecule is CCCCCCCCCCCCC/C=C/[C@@H](O)[C@H](CO[C@@H]1OC(CO)[C@@H](O[C@@H]2OC(CO)[C@H](O)[C@H](O[C@@H]3OC(CO)[C@@H](O[C@@H]4OC(CO)[C@H](O)[C@H](O[C@H]5OC(CO)[C@H](O)[C@H](O[C@@H]6OC(CO)[C@H](O)[C@H](O)C6NC(C)=O)C5O)C4O)[C@H](O)C3NC(C)=O)C2O)[C@H](O)C1O)NC(=O)CCCCCCCCCCCCCCCCCCCCCCCCC. The molecule has 6 saturated heterocycles. The lowest BCUT2D eigenvalue weighted by Crippen LogP contribution is -2.70. The molecule has 0 aromatic heterocycles. The first kappa shape index (κ1) is 106. The smallest absolute Gasteiger partial charge is 0.220 e. The minimum atomic E-state index is -2.26. The van der Waals surface area contributed by atoms with Crippen molar-refractivity contribution in [3.05, 3.63) is 12.2 Å². The normalized spacial score (nSPS) is 35.5. The number of allylic oxidation sites excluding steroid dienone is 1. The Morgan fingerprint density at radius 3 is 0.975 bits per heavy atom. The van der Waals surface area contributed by atoms with Crippen molar-refractivity contribution in [2.45, 2.75) is 455 Å². The quantitative estimate of drug-likeness (QED) is 0.0294. The van der Waals surface area contributed by atoms with Crippen LogP contribution >= 0.6 is 0 Å². The summed E-state index contributed by atoms with van der Waals surface area (Å²) >= 11 is 0. The molecule has 0 aromatic carbocycles. The standard InChI is InChI=1S/C84H153N3O33/c1-5-7-9-11-13-15-17-19-20-21-22-23-24-25-26-27-28-30-32-34-36-38-40-42-60(97)87-52(53(96)41-39-37-35-33-31-29-18-16-14-12-10-8-6-2)49-109-81-70(105)69(104)75(59(48-93)115-81)117-83-71(106)76(64(99)55(44-89)112-83)119-80-62(86-51(4)95)68(103)74(58(47-92)114-80)116-82-73(108)78(66(101)57(46-91)111-82)120-84-72(107)77(65(100)56(45-90)113-84)118-79-61(85-50(3)94)67(102)63(98)54(43-88)110-79/h39,41,52-59,61-84,88-93,96,98-108H,5-38,40,42-49H2,1-4H3,(H,85,94)(H,86,95)(H,87,97)/b41-39+/t52-,53+,54?,55?,56?,57?,58?,59?,61?,62?,63-,64-,65-,66-,67+,68+,69+,70?,71?,72?,73?,74+,75+,76-,77-,78-,79-,80-,81+,82-,83-,84+/m0/s1.